The molecule has 0 aliphatic heterocycles. The lowest BCUT2D eigenvalue weighted by Gasteiger charge is -2.17. The predicted octanol–water partition coefficient (Wildman–Crippen LogP) is 2.94. The first-order chi connectivity index (χ1) is 13.4. The fourth-order valence-corrected chi connectivity index (χ4v) is 4.41. The van der Waals surface area contributed by atoms with E-state index < -0.39 is 15.9 Å². The number of carbonyl (C=O) groups is 1. The zero-order chi connectivity index (χ0) is 20.0. The van der Waals surface area contributed by atoms with Crippen LogP contribution in [0.4, 0.5) is 11.4 Å². The molecule has 0 unspecified atom stereocenters. The topological polar surface area (TPSA) is 91.4 Å². The Morgan fingerprint density at radius 3 is 2.46 bits per heavy atom. The van der Waals surface area contributed by atoms with E-state index in [4.69, 9.17) is 0 Å². The number of carbonyl (C=O) groups excluding carboxylic acids is 1. The summed E-state index contributed by atoms with van der Waals surface area (Å²) in [5.41, 5.74) is 1.64. The lowest BCUT2D eigenvalue weighted by molar-refractivity contribution is -0.116. The van der Waals surface area contributed by atoms with Crippen molar-refractivity contribution in [3.63, 3.8) is 0 Å². The van der Waals surface area contributed by atoms with Gasteiger partial charge in [-0.25, -0.2) is 8.42 Å². The first kappa shape index (κ1) is 20.3. The number of amides is 1. The van der Waals surface area contributed by atoms with Crippen LogP contribution in [0.2, 0.25) is 0 Å². The summed E-state index contributed by atoms with van der Waals surface area (Å²) < 4.78 is 25.9. The molecule has 1 aromatic heterocycles. The number of nitrogens with one attached hydrogen (secondary N) is 2. The van der Waals surface area contributed by atoms with E-state index in [1.165, 1.54) is 51.2 Å². The van der Waals surface area contributed by atoms with Crippen LogP contribution in [-0.2, 0) is 14.8 Å². The molecule has 0 saturated heterocycles. The minimum Gasteiger partial charge on any atom is -0.385 e. The fourth-order valence-electron chi connectivity index (χ4n) is 3.32. The molecular formula is C20H26N4O3S. The minimum atomic E-state index is -3.75. The third-order valence-corrected chi connectivity index (χ3v) is 6.73. The van der Waals surface area contributed by atoms with E-state index in [1.54, 1.807) is 6.07 Å². The Morgan fingerprint density at radius 1 is 1.14 bits per heavy atom. The molecular weight excluding hydrogens is 376 g/mol. The van der Waals surface area contributed by atoms with Gasteiger partial charge in [-0.05, 0) is 55.2 Å². The van der Waals surface area contributed by atoms with E-state index in [9.17, 15) is 13.2 Å². The number of likely N-dealkylation sites (N-methyl/N-ethyl adjacent to an activating group) is 1. The van der Waals surface area contributed by atoms with Crippen molar-refractivity contribution in [2.75, 3.05) is 30.8 Å². The molecule has 2 aromatic rings. The van der Waals surface area contributed by atoms with Gasteiger partial charge in [0.25, 0.3) is 0 Å². The van der Waals surface area contributed by atoms with Crippen molar-refractivity contribution in [3.05, 3.63) is 48.8 Å². The number of benzene rings is 1. The summed E-state index contributed by atoms with van der Waals surface area (Å²) in [4.78, 5) is 16.1. The van der Waals surface area contributed by atoms with Gasteiger partial charge in [-0.1, -0.05) is 12.8 Å². The molecule has 2 N–H and O–H groups in total. The second-order valence-corrected chi connectivity index (χ2v) is 9.15. The Hall–Kier alpha value is -2.45. The average Bonchev–Trinajstić information content (AvgIpc) is 3.21. The van der Waals surface area contributed by atoms with Gasteiger partial charge in [0.1, 0.15) is 4.90 Å². The Morgan fingerprint density at radius 2 is 1.82 bits per heavy atom. The van der Waals surface area contributed by atoms with Crippen molar-refractivity contribution >= 4 is 27.3 Å². The maximum Gasteiger partial charge on any atom is 0.244 e. The molecule has 1 aliphatic carbocycles. The van der Waals surface area contributed by atoms with Gasteiger partial charge in [0.2, 0.25) is 15.9 Å². The second kappa shape index (κ2) is 9.16. The maximum absolute atomic E-state index is 12.4. The molecule has 1 aromatic carbocycles. The summed E-state index contributed by atoms with van der Waals surface area (Å²) in [5.74, 6) is 0.346. The number of nitrogens with zero attached hydrogens (tertiary/aromatic N) is 2. The monoisotopic (exact) mass is 402 g/mol. The van der Waals surface area contributed by atoms with Gasteiger partial charge in [0.05, 0.1) is 6.54 Å². The normalized spacial score (nSPS) is 14.9. The Balaban J connectivity index is 1.51. The molecule has 1 aliphatic rings. The lowest BCUT2D eigenvalue weighted by atomic mass is 10.1. The van der Waals surface area contributed by atoms with Gasteiger partial charge >= 0.3 is 0 Å². The van der Waals surface area contributed by atoms with Crippen LogP contribution in [0.15, 0.2) is 53.7 Å². The van der Waals surface area contributed by atoms with Crippen LogP contribution in [-0.4, -0.2) is 43.8 Å². The van der Waals surface area contributed by atoms with Crippen LogP contribution < -0.4 is 10.6 Å². The predicted molar refractivity (Wildman–Crippen MR) is 110 cm³/mol. The molecule has 3 rings (SSSR count). The zero-order valence-electron chi connectivity index (χ0n) is 16.0. The molecule has 8 heteroatoms. The molecule has 150 valence electrons. The minimum absolute atomic E-state index is 0.0583. The number of rotatable bonds is 8. The average molecular weight is 403 g/mol. The first-order valence-corrected chi connectivity index (χ1v) is 10.9. The molecule has 1 heterocycles. The molecule has 7 nitrogen and oxygen atoms in total. The third-order valence-electron chi connectivity index (χ3n) is 4.95. The quantitative estimate of drug-likeness (QED) is 0.708. The molecule has 0 bridgehead atoms. The Bertz CT molecular complexity index is 879. The summed E-state index contributed by atoms with van der Waals surface area (Å²) in [7, 11) is -2.38. The van der Waals surface area contributed by atoms with Crippen LogP contribution in [0.3, 0.4) is 0 Å². The van der Waals surface area contributed by atoms with Crippen LogP contribution in [0.5, 0.6) is 0 Å². The number of hydrogen-bond donors (Lipinski definition) is 2. The highest BCUT2D eigenvalue weighted by Gasteiger charge is 2.23. The largest absolute Gasteiger partial charge is 0.385 e. The van der Waals surface area contributed by atoms with Gasteiger partial charge in [0.15, 0.2) is 0 Å². The summed E-state index contributed by atoms with van der Waals surface area (Å²) in [6.45, 7) is 0.696. The van der Waals surface area contributed by atoms with Crippen LogP contribution in [0, 0.1) is 5.92 Å². The van der Waals surface area contributed by atoms with Crippen LogP contribution in [0.25, 0.3) is 0 Å². The van der Waals surface area contributed by atoms with Gasteiger partial charge in [0, 0.05) is 37.4 Å². The Kier molecular flexibility index (Phi) is 6.64. The van der Waals surface area contributed by atoms with E-state index in [2.05, 4.69) is 15.6 Å². The number of pyridine rings is 1. The van der Waals surface area contributed by atoms with E-state index in [0.717, 1.165) is 22.5 Å². The van der Waals surface area contributed by atoms with Gasteiger partial charge < -0.3 is 10.6 Å². The smallest absolute Gasteiger partial charge is 0.244 e. The summed E-state index contributed by atoms with van der Waals surface area (Å²) in [5, 5.41) is 6.16. The second-order valence-electron chi connectivity index (χ2n) is 7.11. The third kappa shape index (κ3) is 5.30. The van der Waals surface area contributed by atoms with Gasteiger partial charge in [-0.15, -0.1) is 0 Å². The molecule has 0 spiro atoms. The van der Waals surface area contributed by atoms with Crippen molar-refractivity contribution < 1.29 is 13.2 Å². The highest BCUT2D eigenvalue weighted by molar-refractivity contribution is 7.89. The molecule has 1 fully saturated rings. The van der Waals surface area contributed by atoms with Crippen LogP contribution in [0.1, 0.15) is 25.7 Å². The van der Waals surface area contributed by atoms with E-state index >= 15 is 0 Å². The Labute approximate surface area is 166 Å². The summed E-state index contributed by atoms with van der Waals surface area (Å²) in [6, 6.07) is 10.5. The highest BCUT2D eigenvalue weighted by atomic mass is 32.2. The number of hydrogen-bond acceptors (Lipinski definition) is 5. The van der Waals surface area contributed by atoms with Crippen molar-refractivity contribution in [1.29, 1.82) is 0 Å². The number of aromatic nitrogens is 1. The van der Waals surface area contributed by atoms with Crippen molar-refractivity contribution in [1.82, 2.24) is 9.29 Å². The van der Waals surface area contributed by atoms with E-state index in [-0.39, 0.29) is 11.4 Å². The molecule has 0 radical (unpaired) electrons. The number of sulfonamides is 1. The van der Waals surface area contributed by atoms with Gasteiger partial charge in [-0.2, -0.15) is 4.31 Å². The lowest BCUT2D eigenvalue weighted by Crippen LogP contribution is -2.35. The summed E-state index contributed by atoms with van der Waals surface area (Å²) in [6.07, 6.45) is 7.98. The summed E-state index contributed by atoms with van der Waals surface area (Å²) >= 11 is 0. The first-order valence-electron chi connectivity index (χ1n) is 9.45. The zero-order valence-corrected chi connectivity index (χ0v) is 16.8. The van der Waals surface area contributed by atoms with Crippen molar-refractivity contribution in [3.8, 4) is 0 Å². The molecule has 1 saturated carbocycles. The molecule has 28 heavy (non-hydrogen) atoms. The molecule has 0 atom stereocenters. The van der Waals surface area contributed by atoms with E-state index in [0.29, 0.717) is 5.69 Å². The SMILES string of the molecule is CN(CC(=O)Nc1ccc(NCC2CCCC2)cc1)S(=O)(=O)c1cccnc1. The molecule has 1 amide bonds. The van der Waals surface area contributed by atoms with Crippen molar-refractivity contribution in [2.45, 2.75) is 30.6 Å². The fraction of sp³-hybridized carbons (Fsp3) is 0.400. The van der Waals surface area contributed by atoms with Crippen molar-refractivity contribution in [2.24, 2.45) is 5.92 Å². The van der Waals surface area contributed by atoms with Gasteiger partial charge in [-0.3, -0.25) is 9.78 Å². The maximum atomic E-state index is 12.4. The van der Waals surface area contributed by atoms with E-state index in [1.807, 2.05) is 24.3 Å². The highest BCUT2D eigenvalue weighted by Crippen LogP contribution is 2.25. The standard InChI is InChI=1S/C20H26N4O3S/c1-24(28(26,27)19-7-4-12-21-14-19)15-20(25)23-18-10-8-17(9-11-18)22-13-16-5-2-3-6-16/h4,7-12,14,16,22H,2-3,5-6,13,15H2,1H3,(H,23,25). The number of anilines is 2. The van der Waals surface area contributed by atoms with Crippen LogP contribution >= 0.6 is 0 Å².